The summed E-state index contributed by atoms with van der Waals surface area (Å²) in [7, 11) is 0. The van der Waals surface area contributed by atoms with Crippen molar-refractivity contribution in [1.29, 1.82) is 0 Å². The summed E-state index contributed by atoms with van der Waals surface area (Å²) in [6, 6.07) is 6.31. The minimum atomic E-state index is -1.26. The molecule has 7 rings (SSSR count). The molecule has 9 nitrogen and oxygen atoms in total. The van der Waals surface area contributed by atoms with Gasteiger partial charge in [-0.2, -0.15) is 9.97 Å². The predicted octanol–water partition coefficient (Wildman–Crippen LogP) is 3.39. The van der Waals surface area contributed by atoms with E-state index in [0.29, 0.717) is 11.0 Å². The van der Waals surface area contributed by atoms with Gasteiger partial charge in [-0.05, 0) is 51.0 Å². The molecule has 2 aromatic heterocycles. The van der Waals surface area contributed by atoms with Gasteiger partial charge in [0.15, 0.2) is 0 Å². The SMILES string of the molecule is O=C1N(C2CCCCC2)c2nc(NC3CCN([S+]([O-])c4cccc(N5CCC5)n4)CC3)ncc2C12CC2. The Morgan fingerprint density at radius 1 is 0.973 bits per heavy atom. The first-order valence-corrected chi connectivity index (χ1v) is 15.1. The van der Waals surface area contributed by atoms with E-state index in [-0.39, 0.29) is 23.4 Å². The highest BCUT2D eigenvalue weighted by molar-refractivity contribution is 7.89. The first-order valence-electron chi connectivity index (χ1n) is 14.0. The normalized spacial score (nSPS) is 24.7. The van der Waals surface area contributed by atoms with E-state index in [4.69, 9.17) is 4.98 Å². The molecule has 0 radical (unpaired) electrons. The van der Waals surface area contributed by atoms with Gasteiger partial charge in [-0.3, -0.25) is 9.69 Å². The zero-order valence-electron chi connectivity index (χ0n) is 21.3. The van der Waals surface area contributed by atoms with Crippen molar-refractivity contribution >= 4 is 34.9 Å². The fourth-order valence-corrected chi connectivity index (χ4v) is 7.57. The molecule has 3 aliphatic heterocycles. The molecule has 2 aromatic rings. The molecule has 37 heavy (non-hydrogen) atoms. The lowest BCUT2D eigenvalue weighted by Crippen LogP contribution is -2.43. The van der Waals surface area contributed by atoms with Gasteiger partial charge in [-0.15, -0.1) is 4.31 Å². The minimum Gasteiger partial charge on any atom is -0.592 e. The second-order valence-corrected chi connectivity index (χ2v) is 12.7. The van der Waals surface area contributed by atoms with Crippen LogP contribution in [0.15, 0.2) is 29.4 Å². The van der Waals surface area contributed by atoms with Gasteiger partial charge < -0.3 is 14.8 Å². The number of carbonyl (C=O) groups is 1. The molecular formula is C27H35N7O2S. The fraction of sp³-hybridized carbons (Fsp3) is 0.630. The van der Waals surface area contributed by atoms with Crippen LogP contribution in [0.5, 0.6) is 0 Å². The van der Waals surface area contributed by atoms with Crippen LogP contribution in [0.3, 0.4) is 0 Å². The Kier molecular flexibility index (Phi) is 6.01. The number of nitrogens with one attached hydrogen (secondary N) is 1. The number of rotatable bonds is 6. The summed E-state index contributed by atoms with van der Waals surface area (Å²) in [6.07, 6.45) is 12.4. The summed E-state index contributed by atoms with van der Waals surface area (Å²) in [5.74, 6) is 2.63. The lowest BCUT2D eigenvalue weighted by atomic mass is 9.94. The average molecular weight is 522 g/mol. The number of hydrogen-bond acceptors (Lipinski definition) is 8. The van der Waals surface area contributed by atoms with E-state index in [0.717, 1.165) is 81.9 Å². The van der Waals surface area contributed by atoms with E-state index in [9.17, 15) is 9.35 Å². The van der Waals surface area contributed by atoms with Crippen molar-refractivity contribution in [3.63, 3.8) is 0 Å². The smallest absolute Gasteiger partial charge is 0.267 e. The van der Waals surface area contributed by atoms with E-state index in [1.807, 2.05) is 33.6 Å². The van der Waals surface area contributed by atoms with Crippen molar-refractivity contribution in [2.24, 2.45) is 0 Å². The lowest BCUT2D eigenvalue weighted by molar-refractivity contribution is -0.120. The second-order valence-electron chi connectivity index (χ2n) is 11.3. The first kappa shape index (κ1) is 23.7. The van der Waals surface area contributed by atoms with Crippen LogP contribution in [0.4, 0.5) is 17.6 Å². The monoisotopic (exact) mass is 521 g/mol. The highest BCUT2D eigenvalue weighted by Gasteiger charge is 2.61. The lowest BCUT2D eigenvalue weighted by Gasteiger charge is -2.33. The highest BCUT2D eigenvalue weighted by atomic mass is 32.2. The molecule has 2 aliphatic carbocycles. The second kappa shape index (κ2) is 9.39. The largest absolute Gasteiger partial charge is 0.592 e. The van der Waals surface area contributed by atoms with Crippen LogP contribution in [-0.2, 0) is 21.6 Å². The molecule has 1 amide bonds. The van der Waals surface area contributed by atoms with Crippen LogP contribution in [0.2, 0.25) is 0 Å². The van der Waals surface area contributed by atoms with Gasteiger partial charge in [0.2, 0.25) is 11.9 Å². The maximum absolute atomic E-state index is 13.4. The number of nitrogens with zero attached hydrogens (tertiary/aromatic N) is 6. The summed E-state index contributed by atoms with van der Waals surface area (Å²) in [4.78, 5) is 31.9. The third-order valence-electron chi connectivity index (χ3n) is 8.92. The molecule has 5 aliphatic rings. The molecule has 196 valence electrons. The third-order valence-corrected chi connectivity index (χ3v) is 10.3. The Labute approximate surface area is 221 Å². The van der Waals surface area contributed by atoms with Crippen molar-refractivity contribution < 1.29 is 9.35 Å². The molecular weight excluding hydrogens is 486 g/mol. The van der Waals surface area contributed by atoms with Crippen LogP contribution < -0.4 is 15.1 Å². The molecule has 2 saturated carbocycles. The number of anilines is 3. The number of hydrogen-bond donors (Lipinski definition) is 1. The number of fused-ring (bicyclic) bond motifs is 2. The first-order chi connectivity index (χ1) is 18.1. The highest BCUT2D eigenvalue weighted by Crippen LogP contribution is 2.57. The molecule has 1 atom stereocenters. The summed E-state index contributed by atoms with van der Waals surface area (Å²) in [5.41, 5.74) is 0.689. The van der Waals surface area contributed by atoms with Crippen LogP contribution in [-0.4, -0.2) is 68.0 Å². The number of pyridine rings is 1. The molecule has 1 N–H and O–H groups in total. The van der Waals surface area contributed by atoms with Gasteiger partial charge in [0.1, 0.15) is 23.0 Å². The van der Waals surface area contributed by atoms with Gasteiger partial charge >= 0.3 is 0 Å². The van der Waals surface area contributed by atoms with E-state index in [1.165, 1.54) is 25.7 Å². The van der Waals surface area contributed by atoms with Crippen molar-refractivity contribution in [1.82, 2.24) is 19.3 Å². The topological polar surface area (TPSA) is 101 Å². The molecule has 4 fully saturated rings. The van der Waals surface area contributed by atoms with Gasteiger partial charge in [0.25, 0.3) is 5.03 Å². The van der Waals surface area contributed by atoms with Crippen molar-refractivity contribution in [2.45, 2.75) is 86.7 Å². The molecule has 0 aromatic carbocycles. The molecule has 10 heteroatoms. The van der Waals surface area contributed by atoms with Crippen LogP contribution in [0.1, 0.15) is 69.8 Å². The fourth-order valence-electron chi connectivity index (χ4n) is 6.40. The molecule has 0 bridgehead atoms. The van der Waals surface area contributed by atoms with Crippen LogP contribution in [0, 0.1) is 0 Å². The summed E-state index contributed by atoms with van der Waals surface area (Å²) in [5, 5.41) is 4.17. The van der Waals surface area contributed by atoms with E-state index < -0.39 is 11.4 Å². The van der Waals surface area contributed by atoms with Crippen molar-refractivity contribution in [2.75, 3.05) is 41.3 Å². The van der Waals surface area contributed by atoms with E-state index >= 15 is 0 Å². The third kappa shape index (κ3) is 4.17. The number of carbonyl (C=O) groups excluding carboxylic acids is 1. The zero-order valence-corrected chi connectivity index (χ0v) is 22.1. The average Bonchev–Trinajstić information content (AvgIpc) is 3.67. The Balaban J connectivity index is 1.01. The predicted molar refractivity (Wildman–Crippen MR) is 143 cm³/mol. The quantitative estimate of drug-likeness (QED) is 0.578. The molecule has 1 spiro atoms. The Morgan fingerprint density at radius 3 is 2.46 bits per heavy atom. The van der Waals surface area contributed by atoms with Gasteiger partial charge in [-0.1, -0.05) is 25.3 Å². The van der Waals surface area contributed by atoms with Gasteiger partial charge in [-0.25, -0.2) is 4.98 Å². The Morgan fingerprint density at radius 2 is 1.76 bits per heavy atom. The van der Waals surface area contributed by atoms with E-state index in [1.54, 1.807) is 0 Å². The summed E-state index contributed by atoms with van der Waals surface area (Å²) >= 11 is -1.26. The molecule has 5 heterocycles. The Bertz CT molecular complexity index is 1170. The Hall–Kier alpha value is -2.43. The van der Waals surface area contributed by atoms with E-state index in [2.05, 4.69) is 20.2 Å². The van der Waals surface area contributed by atoms with Crippen LogP contribution >= 0.6 is 0 Å². The van der Waals surface area contributed by atoms with Gasteiger partial charge in [0, 0.05) is 56.1 Å². The van der Waals surface area contributed by atoms with Crippen LogP contribution in [0.25, 0.3) is 0 Å². The minimum absolute atomic E-state index is 0.210. The van der Waals surface area contributed by atoms with Gasteiger partial charge in [0.05, 0.1) is 5.41 Å². The number of aromatic nitrogens is 3. The molecule has 1 unspecified atom stereocenters. The standard InChI is InChI=1S/C27H35N7O2S/c35-25-27(12-13-27)21-18-28-26(31-24(21)34(25)20-6-2-1-3-7-20)29-19-10-16-33(17-11-19)37(36)23-9-4-8-22(30-23)32-14-5-15-32/h4,8-9,18-20H,1-3,5-7,10-17H2,(H,28,29,31). The maximum Gasteiger partial charge on any atom is 0.267 e. The number of piperidine rings is 1. The zero-order chi connectivity index (χ0) is 25.0. The van der Waals surface area contributed by atoms with Crippen molar-refractivity contribution in [3.8, 4) is 0 Å². The summed E-state index contributed by atoms with van der Waals surface area (Å²) < 4.78 is 15.2. The molecule has 2 saturated heterocycles. The summed E-state index contributed by atoms with van der Waals surface area (Å²) in [6.45, 7) is 3.50. The maximum atomic E-state index is 13.4. The number of amides is 1. The van der Waals surface area contributed by atoms with Crippen molar-refractivity contribution in [3.05, 3.63) is 30.0 Å².